The Morgan fingerprint density at radius 1 is 1.12 bits per heavy atom. The summed E-state index contributed by atoms with van der Waals surface area (Å²) in [7, 11) is 0. The number of nitro groups is 1. The molecular weight excluding hydrogens is 376 g/mol. The van der Waals surface area contributed by atoms with Gasteiger partial charge in [0, 0.05) is 33.4 Å². The molecule has 2 rings (SSSR count). The molecule has 0 bridgehead atoms. The number of aryl methyl sites for hydroxylation is 1. The summed E-state index contributed by atoms with van der Waals surface area (Å²) in [4.78, 5) is 34.0. The van der Waals surface area contributed by atoms with Crippen LogP contribution in [0.1, 0.15) is 15.9 Å². The quantitative estimate of drug-likeness (QED) is 0.362. The third-order valence-electron chi connectivity index (χ3n) is 3.18. The largest absolute Gasteiger partial charge is 0.322 e. The number of benzene rings is 2. The Hall–Kier alpha value is -2.80. The molecule has 2 aromatic rings. The Labute approximate surface area is 146 Å². The van der Waals surface area contributed by atoms with Gasteiger partial charge < -0.3 is 5.32 Å². The van der Waals surface area contributed by atoms with Gasteiger partial charge in [0.15, 0.2) is 5.78 Å². The van der Waals surface area contributed by atoms with Gasteiger partial charge in [-0.1, -0.05) is 15.9 Å². The monoisotopic (exact) mass is 388 g/mol. The zero-order chi connectivity index (χ0) is 17.7. The average molecular weight is 389 g/mol. The highest BCUT2D eigenvalue weighted by molar-refractivity contribution is 9.10. The molecule has 1 N–H and O–H groups in total. The smallest absolute Gasteiger partial charge is 0.272 e. The van der Waals surface area contributed by atoms with Crippen molar-refractivity contribution < 1.29 is 14.5 Å². The molecule has 24 heavy (non-hydrogen) atoms. The summed E-state index contributed by atoms with van der Waals surface area (Å²) in [5.41, 5.74) is 1.30. The van der Waals surface area contributed by atoms with Crippen molar-refractivity contribution in [2.45, 2.75) is 6.92 Å². The maximum absolute atomic E-state index is 11.9. The van der Waals surface area contributed by atoms with Crippen LogP contribution >= 0.6 is 15.9 Å². The number of nitrogens with one attached hydrogen (secondary N) is 1. The van der Waals surface area contributed by atoms with E-state index in [1.165, 1.54) is 24.3 Å². The van der Waals surface area contributed by atoms with Crippen LogP contribution in [0, 0.1) is 17.0 Å². The number of allylic oxidation sites excluding steroid dienone is 1. The number of hydrogen-bond donors (Lipinski definition) is 1. The van der Waals surface area contributed by atoms with Gasteiger partial charge in [0.1, 0.15) is 0 Å². The van der Waals surface area contributed by atoms with Gasteiger partial charge in [-0.3, -0.25) is 19.7 Å². The zero-order valence-electron chi connectivity index (χ0n) is 12.7. The summed E-state index contributed by atoms with van der Waals surface area (Å²) in [6.07, 6.45) is 2.30. The summed E-state index contributed by atoms with van der Waals surface area (Å²) < 4.78 is 0.856. The van der Waals surface area contributed by atoms with E-state index in [2.05, 4.69) is 21.2 Å². The standard InChI is InChI=1S/C17H13BrN2O4/c1-11-10-14(6-7-15(11)20(23)24)19-17(22)9-8-16(21)12-2-4-13(18)5-3-12/h2-10H,1H3,(H,19,22)/b9-8+. The van der Waals surface area contributed by atoms with E-state index < -0.39 is 10.8 Å². The highest BCUT2D eigenvalue weighted by Crippen LogP contribution is 2.21. The Balaban J connectivity index is 2.02. The third-order valence-corrected chi connectivity index (χ3v) is 3.70. The summed E-state index contributed by atoms with van der Waals surface area (Å²) in [6, 6.07) is 11.0. The number of nitro benzene ring substituents is 1. The van der Waals surface area contributed by atoms with Crippen LogP contribution in [0.5, 0.6) is 0 Å². The average Bonchev–Trinajstić information content (AvgIpc) is 2.53. The molecule has 2 aromatic carbocycles. The predicted octanol–water partition coefficient (Wildman–Crippen LogP) is 4.04. The van der Waals surface area contributed by atoms with Gasteiger partial charge in [-0.05, 0) is 49.4 Å². The molecule has 0 saturated heterocycles. The molecule has 0 heterocycles. The SMILES string of the molecule is Cc1cc(NC(=O)/C=C/C(=O)c2ccc(Br)cc2)ccc1[N+](=O)[O-]. The molecule has 0 aromatic heterocycles. The first kappa shape index (κ1) is 17.6. The van der Waals surface area contributed by atoms with Crippen LogP contribution in [-0.2, 0) is 4.79 Å². The molecule has 0 aliphatic heterocycles. The van der Waals surface area contributed by atoms with Crippen LogP contribution in [0.3, 0.4) is 0 Å². The van der Waals surface area contributed by atoms with Gasteiger partial charge in [-0.15, -0.1) is 0 Å². The highest BCUT2D eigenvalue weighted by atomic mass is 79.9. The third kappa shape index (κ3) is 4.60. The van der Waals surface area contributed by atoms with Crippen molar-refractivity contribution in [2.24, 2.45) is 0 Å². The molecule has 0 spiro atoms. The first-order valence-electron chi connectivity index (χ1n) is 6.91. The molecule has 0 saturated carbocycles. The minimum Gasteiger partial charge on any atom is -0.322 e. The van der Waals surface area contributed by atoms with Crippen molar-refractivity contribution >= 4 is 39.0 Å². The minimum atomic E-state index is -0.492. The Morgan fingerprint density at radius 2 is 1.79 bits per heavy atom. The lowest BCUT2D eigenvalue weighted by atomic mass is 10.1. The van der Waals surface area contributed by atoms with Gasteiger partial charge in [-0.25, -0.2) is 0 Å². The molecule has 1 amide bonds. The van der Waals surface area contributed by atoms with Gasteiger partial charge in [0.2, 0.25) is 5.91 Å². The van der Waals surface area contributed by atoms with Gasteiger partial charge in [0.25, 0.3) is 5.69 Å². The Bertz CT molecular complexity index is 829. The number of halogens is 1. The van der Waals surface area contributed by atoms with Crippen molar-refractivity contribution in [3.05, 3.63) is 80.3 Å². The van der Waals surface area contributed by atoms with Crippen LogP contribution in [0.4, 0.5) is 11.4 Å². The second kappa shape index (κ2) is 7.65. The van der Waals surface area contributed by atoms with Gasteiger partial charge >= 0.3 is 0 Å². The molecule has 6 nitrogen and oxygen atoms in total. The van der Waals surface area contributed by atoms with Crippen LogP contribution in [-0.4, -0.2) is 16.6 Å². The summed E-state index contributed by atoms with van der Waals surface area (Å²) >= 11 is 3.28. The Morgan fingerprint density at radius 3 is 2.38 bits per heavy atom. The fraction of sp³-hybridized carbons (Fsp3) is 0.0588. The van der Waals surface area contributed by atoms with Crippen LogP contribution in [0.15, 0.2) is 59.1 Å². The molecule has 7 heteroatoms. The Kier molecular flexibility index (Phi) is 5.59. The van der Waals surface area contributed by atoms with E-state index in [1.807, 2.05) is 0 Å². The van der Waals surface area contributed by atoms with E-state index in [-0.39, 0.29) is 11.5 Å². The zero-order valence-corrected chi connectivity index (χ0v) is 14.2. The van der Waals surface area contributed by atoms with Crippen molar-refractivity contribution in [3.63, 3.8) is 0 Å². The van der Waals surface area contributed by atoms with Crippen LogP contribution in [0.2, 0.25) is 0 Å². The first-order valence-corrected chi connectivity index (χ1v) is 7.70. The first-order chi connectivity index (χ1) is 11.4. The molecular formula is C17H13BrN2O4. The fourth-order valence-electron chi connectivity index (χ4n) is 1.98. The second-order valence-corrected chi connectivity index (χ2v) is 5.87. The molecule has 0 unspecified atom stereocenters. The molecule has 122 valence electrons. The number of carbonyl (C=O) groups excluding carboxylic acids is 2. The lowest BCUT2D eigenvalue weighted by Crippen LogP contribution is -2.09. The van der Waals surface area contributed by atoms with Crippen molar-refractivity contribution in [1.29, 1.82) is 0 Å². The molecule has 0 aliphatic rings. The molecule has 0 fully saturated rings. The van der Waals surface area contributed by atoms with E-state index in [1.54, 1.807) is 31.2 Å². The number of nitrogens with zero attached hydrogens (tertiary/aromatic N) is 1. The van der Waals surface area contributed by atoms with Gasteiger partial charge in [-0.2, -0.15) is 0 Å². The van der Waals surface area contributed by atoms with Crippen molar-refractivity contribution in [3.8, 4) is 0 Å². The second-order valence-electron chi connectivity index (χ2n) is 4.95. The summed E-state index contributed by atoms with van der Waals surface area (Å²) in [5.74, 6) is -0.786. The summed E-state index contributed by atoms with van der Waals surface area (Å²) in [6.45, 7) is 1.58. The number of amides is 1. The molecule has 0 atom stereocenters. The van der Waals surface area contributed by atoms with Crippen LogP contribution in [0.25, 0.3) is 0 Å². The lowest BCUT2D eigenvalue weighted by molar-refractivity contribution is -0.385. The maximum Gasteiger partial charge on any atom is 0.272 e. The topological polar surface area (TPSA) is 89.3 Å². The van der Waals surface area contributed by atoms with Crippen molar-refractivity contribution in [1.82, 2.24) is 0 Å². The number of carbonyl (C=O) groups is 2. The van der Waals surface area contributed by atoms with Crippen molar-refractivity contribution in [2.75, 3.05) is 5.32 Å². The summed E-state index contributed by atoms with van der Waals surface area (Å²) in [5, 5.41) is 13.3. The normalized spacial score (nSPS) is 10.6. The predicted molar refractivity (Wildman–Crippen MR) is 94.1 cm³/mol. The number of ketones is 1. The maximum atomic E-state index is 11.9. The van der Waals surface area contributed by atoms with E-state index in [0.717, 1.165) is 10.5 Å². The minimum absolute atomic E-state index is 0.0195. The number of rotatable bonds is 5. The van der Waals surface area contributed by atoms with E-state index in [0.29, 0.717) is 16.8 Å². The highest BCUT2D eigenvalue weighted by Gasteiger charge is 2.11. The van der Waals surface area contributed by atoms with Gasteiger partial charge in [0.05, 0.1) is 4.92 Å². The van der Waals surface area contributed by atoms with E-state index in [9.17, 15) is 19.7 Å². The van der Waals surface area contributed by atoms with E-state index >= 15 is 0 Å². The number of hydrogen-bond acceptors (Lipinski definition) is 4. The van der Waals surface area contributed by atoms with E-state index in [4.69, 9.17) is 0 Å². The molecule has 0 radical (unpaired) electrons. The number of anilines is 1. The fourth-order valence-corrected chi connectivity index (χ4v) is 2.25. The molecule has 0 aliphatic carbocycles. The van der Waals surface area contributed by atoms with Crippen LogP contribution < -0.4 is 5.32 Å². The lowest BCUT2D eigenvalue weighted by Gasteiger charge is -2.04.